The molecule has 0 amide bonds. The molecule has 2 heterocycles. The number of piperidine rings is 1. The van der Waals surface area contributed by atoms with E-state index in [1.165, 1.54) is 25.9 Å². The van der Waals surface area contributed by atoms with E-state index in [4.69, 9.17) is 4.42 Å². The normalized spacial score (nSPS) is 23.8. The second kappa shape index (κ2) is 6.03. The predicted molar refractivity (Wildman–Crippen MR) is 73.0 cm³/mol. The van der Waals surface area contributed by atoms with Crippen molar-refractivity contribution in [2.24, 2.45) is 5.92 Å². The summed E-state index contributed by atoms with van der Waals surface area (Å²) in [5, 5.41) is 3.28. The summed E-state index contributed by atoms with van der Waals surface area (Å²) in [5.74, 6) is 1.83. The number of rotatable bonds is 4. The first-order valence-corrected chi connectivity index (χ1v) is 7.14. The Bertz CT molecular complexity index is 351. The van der Waals surface area contributed by atoms with Gasteiger partial charge < -0.3 is 9.73 Å². The number of halogens is 1. The van der Waals surface area contributed by atoms with E-state index in [1.54, 1.807) is 0 Å². The van der Waals surface area contributed by atoms with Crippen LogP contribution in [0, 0.1) is 5.92 Å². The van der Waals surface area contributed by atoms with Gasteiger partial charge in [0.15, 0.2) is 4.67 Å². The molecule has 0 aliphatic carbocycles. The Morgan fingerprint density at radius 2 is 2.41 bits per heavy atom. The molecule has 0 spiro atoms. The molecule has 1 fully saturated rings. The average molecular weight is 301 g/mol. The monoisotopic (exact) mass is 300 g/mol. The molecular weight excluding hydrogens is 280 g/mol. The van der Waals surface area contributed by atoms with Crippen molar-refractivity contribution < 1.29 is 4.42 Å². The minimum Gasteiger partial charge on any atom is -0.453 e. The molecule has 17 heavy (non-hydrogen) atoms. The van der Waals surface area contributed by atoms with Gasteiger partial charge in [-0.15, -0.1) is 0 Å². The first-order valence-electron chi connectivity index (χ1n) is 6.34. The molecule has 2 atom stereocenters. The molecule has 0 aromatic carbocycles. The van der Waals surface area contributed by atoms with Crippen molar-refractivity contribution >= 4 is 15.9 Å². The van der Waals surface area contributed by atoms with E-state index >= 15 is 0 Å². The van der Waals surface area contributed by atoms with Crippen molar-refractivity contribution in [3.63, 3.8) is 0 Å². The molecule has 0 radical (unpaired) electrons. The summed E-state index contributed by atoms with van der Waals surface area (Å²) >= 11 is 3.37. The van der Waals surface area contributed by atoms with E-state index in [2.05, 4.69) is 39.1 Å². The third-order valence-electron chi connectivity index (χ3n) is 3.60. The summed E-state index contributed by atoms with van der Waals surface area (Å²) in [6.45, 7) is 5.69. The van der Waals surface area contributed by atoms with E-state index in [9.17, 15) is 0 Å². The Kier molecular flexibility index (Phi) is 4.65. The molecule has 1 saturated heterocycles. The highest BCUT2D eigenvalue weighted by molar-refractivity contribution is 9.10. The maximum absolute atomic E-state index is 5.65. The van der Waals surface area contributed by atoms with Crippen LogP contribution in [0.1, 0.15) is 31.6 Å². The van der Waals surface area contributed by atoms with Gasteiger partial charge in [0.1, 0.15) is 5.76 Å². The van der Waals surface area contributed by atoms with Crippen LogP contribution in [0.25, 0.3) is 0 Å². The van der Waals surface area contributed by atoms with Gasteiger partial charge in [-0.3, -0.25) is 4.90 Å². The summed E-state index contributed by atoms with van der Waals surface area (Å²) in [7, 11) is 2.03. The van der Waals surface area contributed by atoms with Crippen molar-refractivity contribution in [1.82, 2.24) is 10.2 Å². The number of nitrogens with zero attached hydrogens (tertiary/aromatic N) is 1. The summed E-state index contributed by atoms with van der Waals surface area (Å²) in [4.78, 5) is 2.52. The fraction of sp³-hybridized carbons (Fsp3) is 0.692. The van der Waals surface area contributed by atoms with Crippen LogP contribution >= 0.6 is 15.9 Å². The highest BCUT2D eigenvalue weighted by atomic mass is 79.9. The molecule has 1 aromatic rings. The molecule has 4 heteroatoms. The molecular formula is C13H21BrN2O. The van der Waals surface area contributed by atoms with E-state index in [1.807, 2.05) is 13.1 Å². The first kappa shape index (κ1) is 13.1. The molecule has 0 saturated carbocycles. The molecule has 0 bridgehead atoms. The van der Waals surface area contributed by atoms with Gasteiger partial charge in [0, 0.05) is 6.54 Å². The van der Waals surface area contributed by atoms with E-state index in [0.29, 0.717) is 6.04 Å². The Hall–Kier alpha value is -0.320. The zero-order valence-corrected chi connectivity index (χ0v) is 12.2. The lowest BCUT2D eigenvalue weighted by Gasteiger charge is -2.36. The second-order valence-electron chi connectivity index (χ2n) is 4.88. The highest BCUT2D eigenvalue weighted by Gasteiger charge is 2.25. The van der Waals surface area contributed by atoms with Gasteiger partial charge in [0.25, 0.3) is 0 Å². The number of likely N-dealkylation sites (tertiary alicyclic amines) is 1. The zero-order chi connectivity index (χ0) is 12.3. The van der Waals surface area contributed by atoms with Gasteiger partial charge >= 0.3 is 0 Å². The quantitative estimate of drug-likeness (QED) is 0.926. The molecule has 1 aromatic heterocycles. The van der Waals surface area contributed by atoms with Crippen LogP contribution in [-0.2, 0) is 0 Å². The number of hydrogen-bond acceptors (Lipinski definition) is 3. The predicted octanol–water partition coefficient (Wildman–Crippen LogP) is 3.03. The van der Waals surface area contributed by atoms with Crippen LogP contribution in [0.4, 0.5) is 0 Å². The van der Waals surface area contributed by atoms with Gasteiger partial charge in [-0.2, -0.15) is 0 Å². The number of nitrogens with one attached hydrogen (secondary N) is 1. The van der Waals surface area contributed by atoms with Gasteiger partial charge in [0.2, 0.25) is 0 Å². The topological polar surface area (TPSA) is 28.4 Å². The smallest absolute Gasteiger partial charge is 0.169 e. The van der Waals surface area contributed by atoms with Crippen LogP contribution in [0.3, 0.4) is 0 Å². The third-order valence-corrected chi connectivity index (χ3v) is 4.02. The fourth-order valence-corrected chi connectivity index (χ4v) is 2.96. The molecule has 3 nitrogen and oxygen atoms in total. The minimum absolute atomic E-state index is 0.376. The highest BCUT2D eigenvalue weighted by Crippen LogP contribution is 2.28. The van der Waals surface area contributed by atoms with Gasteiger partial charge in [-0.25, -0.2) is 0 Å². The Labute approximate surface area is 112 Å². The third kappa shape index (κ3) is 3.33. The van der Waals surface area contributed by atoms with E-state index < -0.39 is 0 Å². The first-order chi connectivity index (χ1) is 8.20. The molecule has 96 valence electrons. The van der Waals surface area contributed by atoms with E-state index in [-0.39, 0.29) is 0 Å². The van der Waals surface area contributed by atoms with Gasteiger partial charge in [0.05, 0.1) is 6.04 Å². The molecule has 2 unspecified atom stereocenters. The van der Waals surface area contributed by atoms with Crippen molar-refractivity contribution in [2.45, 2.75) is 25.8 Å². The summed E-state index contributed by atoms with van der Waals surface area (Å²) in [5.41, 5.74) is 0. The zero-order valence-electron chi connectivity index (χ0n) is 10.6. The summed E-state index contributed by atoms with van der Waals surface area (Å²) < 4.78 is 6.48. The largest absolute Gasteiger partial charge is 0.453 e. The van der Waals surface area contributed by atoms with Gasteiger partial charge in [-0.05, 0) is 73.9 Å². The number of hydrogen-bond donors (Lipinski definition) is 1. The Balaban J connectivity index is 1.97. The van der Waals surface area contributed by atoms with Crippen LogP contribution < -0.4 is 5.32 Å². The lowest BCUT2D eigenvalue weighted by atomic mass is 9.96. The molecule has 2 rings (SSSR count). The maximum atomic E-state index is 5.65. The Morgan fingerprint density at radius 3 is 3.06 bits per heavy atom. The molecule has 1 aliphatic rings. The van der Waals surface area contributed by atoms with Crippen molar-refractivity contribution in [3.05, 3.63) is 22.6 Å². The average Bonchev–Trinajstić information content (AvgIpc) is 2.76. The lowest BCUT2D eigenvalue weighted by molar-refractivity contribution is 0.118. The van der Waals surface area contributed by atoms with E-state index in [0.717, 1.165) is 22.9 Å². The van der Waals surface area contributed by atoms with Crippen molar-refractivity contribution in [3.8, 4) is 0 Å². The van der Waals surface area contributed by atoms with Crippen molar-refractivity contribution in [2.75, 3.05) is 26.7 Å². The van der Waals surface area contributed by atoms with Crippen LogP contribution in [-0.4, -0.2) is 31.6 Å². The van der Waals surface area contributed by atoms with Crippen LogP contribution in [0.15, 0.2) is 21.2 Å². The fourth-order valence-electron chi connectivity index (χ4n) is 2.64. The number of furan rings is 1. The van der Waals surface area contributed by atoms with Crippen LogP contribution in [0.5, 0.6) is 0 Å². The lowest BCUT2D eigenvalue weighted by Crippen LogP contribution is -2.40. The maximum Gasteiger partial charge on any atom is 0.169 e. The standard InChI is InChI=1S/C13H21BrN2O/c1-10(12-5-6-13(14)17-12)16-7-3-4-11(9-16)8-15-2/h5-6,10-11,15H,3-4,7-9H2,1-2H3. The van der Waals surface area contributed by atoms with Crippen molar-refractivity contribution in [1.29, 1.82) is 0 Å². The SMILES string of the molecule is CNCC1CCCN(C(C)c2ccc(Br)o2)C1. The Morgan fingerprint density at radius 1 is 1.59 bits per heavy atom. The summed E-state index contributed by atoms with van der Waals surface area (Å²) in [6.07, 6.45) is 2.63. The second-order valence-corrected chi connectivity index (χ2v) is 5.66. The molecule has 1 N–H and O–H groups in total. The summed E-state index contributed by atoms with van der Waals surface area (Å²) in [6, 6.07) is 4.41. The van der Waals surface area contributed by atoms with Crippen LogP contribution in [0.2, 0.25) is 0 Å². The van der Waals surface area contributed by atoms with Gasteiger partial charge in [-0.1, -0.05) is 0 Å². The minimum atomic E-state index is 0.376. The molecule has 1 aliphatic heterocycles.